The van der Waals surface area contributed by atoms with E-state index in [1.54, 1.807) is 17.5 Å². The Hall–Kier alpha value is -1.40. The Morgan fingerprint density at radius 1 is 1.47 bits per heavy atom. The van der Waals surface area contributed by atoms with Gasteiger partial charge in [-0.05, 0) is 14.1 Å². The van der Waals surface area contributed by atoms with E-state index in [-0.39, 0.29) is 0 Å². The summed E-state index contributed by atoms with van der Waals surface area (Å²) in [4.78, 5) is 7.63. The van der Waals surface area contributed by atoms with Crippen LogP contribution in [0.1, 0.15) is 4.88 Å². The lowest BCUT2D eigenvalue weighted by Crippen LogP contribution is -2.09. The lowest BCUT2D eigenvalue weighted by atomic mass is 10.4. The number of H-pyrrole nitrogens is 1. The highest BCUT2D eigenvalue weighted by atomic mass is 32.1. The van der Waals surface area contributed by atoms with Gasteiger partial charge < -0.3 is 10.6 Å². The molecule has 3 N–H and O–H groups in total. The standard InChI is InChI=1S/C9H13N5S/c1-14(2)5-6-3-11-9(15-6)8-7(10)4-12-13-8/h3-4H,5,10H2,1-2H3,(H,12,13). The highest BCUT2D eigenvalue weighted by molar-refractivity contribution is 7.15. The zero-order valence-electron chi connectivity index (χ0n) is 8.69. The molecule has 5 nitrogen and oxygen atoms in total. The monoisotopic (exact) mass is 223 g/mol. The molecule has 0 fully saturated rings. The van der Waals surface area contributed by atoms with Gasteiger partial charge in [0, 0.05) is 17.6 Å². The van der Waals surface area contributed by atoms with E-state index in [4.69, 9.17) is 5.73 Å². The van der Waals surface area contributed by atoms with Crippen LogP contribution in [-0.4, -0.2) is 34.2 Å². The molecule has 0 amide bonds. The van der Waals surface area contributed by atoms with E-state index in [0.29, 0.717) is 5.69 Å². The van der Waals surface area contributed by atoms with Crippen molar-refractivity contribution in [3.63, 3.8) is 0 Å². The number of aromatic nitrogens is 3. The van der Waals surface area contributed by atoms with Crippen LogP contribution in [0.25, 0.3) is 10.7 Å². The van der Waals surface area contributed by atoms with Gasteiger partial charge in [-0.1, -0.05) is 0 Å². The molecule has 15 heavy (non-hydrogen) atoms. The highest BCUT2D eigenvalue weighted by Crippen LogP contribution is 2.27. The van der Waals surface area contributed by atoms with Gasteiger partial charge in [-0.3, -0.25) is 5.10 Å². The number of nitrogens with one attached hydrogen (secondary N) is 1. The first-order valence-electron chi connectivity index (χ1n) is 4.55. The molecule has 80 valence electrons. The van der Waals surface area contributed by atoms with Gasteiger partial charge in [0.05, 0.1) is 11.9 Å². The molecule has 0 aliphatic carbocycles. The van der Waals surface area contributed by atoms with Crippen LogP contribution in [0, 0.1) is 0 Å². The number of thiazole rings is 1. The zero-order chi connectivity index (χ0) is 10.8. The number of aromatic amines is 1. The number of anilines is 1. The second-order valence-electron chi connectivity index (χ2n) is 3.57. The third kappa shape index (κ3) is 2.16. The van der Waals surface area contributed by atoms with Crippen LogP contribution < -0.4 is 5.73 Å². The van der Waals surface area contributed by atoms with Gasteiger partial charge >= 0.3 is 0 Å². The number of hydrogen-bond acceptors (Lipinski definition) is 5. The van der Waals surface area contributed by atoms with Crippen molar-refractivity contribution in [3.05, 3.63) is 17.3 Å². The van der Waals surface area contributed by atoms with E-state index >= 15 is 0 Å². The molecule has 0 unspecified atom stereocenters. The Morgan fingerprint density at radius 3 is 2.87 bits per heavy atom. The molecule has 2 rings (SSSR count). The van der Waals surface area contributed by atoms with Crippen LogP contribution in [-0.2, 0) is 6.54 Å². The average Bonchev–Trinajstić information content (AvgIpc) is 2.72. The summed E-state index contributed by atoms with van der Waals surface area (Å²) in [7, 11) is 4.06. The van der Waals surface area contributed by atoms with Gasteiger partial charge in [0.2, 0.25) is 0 Å². The van der Waals surface area contributed by atoms with E-state index in [2.05, 4.69) is 20.1 Å². The third-order valence-corrected chi connectivity index (χ3v) is 2.91. The van der Waals surface area contributed by atoms with E-state index in [1.165, 1.54) is 4.88 Å². The van der Waals surface area contributed by atoms with Crippen molar-refractivity contribution in [2.75, 3.05) is 19.8 Å². The summed E-state index contributed by atoms with van der Waals surface area (Å²) < 4.78 is 0. The van der Waals surface area contributed by atoms with Crippen molar-refractivity contribution in [1.29, 1.82) is 0 Å². The molecule has 0 spiro atoms. The number of rotatable bonds is 3. The van der Waals surface area contributed by atoms with Gasteiger partial charge in [0.1, 0.15) is 10.7 Å². The Morgan fingerprint density at radius 2 is 2.27 bits per heavy atom. The minimum atomic E-state index is 0.640. The number of nitrogen functional groups attached to an aromatic ring is 1. The molecule has 0 aromatic carbocycles. The number of hydrogen-bond donors (Lipinski definition) is 2. The molecular weight excluding hydrogens is 210 g/mol. The maximum atomic E-state index is 5.75. The first-order valence-corrected chi connectivity index (χ1v) is 5.37. The van der Waals surface area contributed by atoms with Crippen molar-refractivity contribution in [1.82, 2.24) is 20.1 Å². The molecular formula is C9H13N5S. The summed E-state index contributed by atoms with van der Waals surface area (Å²) in [5.74, 6) is 0. The van der Waals surface area contributed by atoms with Crippen molar-refractivity contribution >= 4 is 17.0 Å². The van der Waals surface area contributed by atoms with Gasteiger partial charge in [-0.25, -0.2) is 4.98 Å². The molecule has 0 atom stereocenters. The molecule has 0 bridgehead atoms. The predicted octanol–water partition coefficient (Wildman–Crippen LogP) is 1.18. The summed E-state index contributed by atoms with van der Waals surface area (Å²) in [6.07, 6.45) is 3.47. The van der Waals surface area contributed by atoms with Crippen LogP contribution in [0.3, 0.4) is 0 Å². The molecule has 0 saturated heterocycles. The molecule has 2 heterocycles. The van der Waals surface area contributed by atoms with E-state index in [0.717, 1.165) is 17.2 Å². The van der Waals surface area contributed by atoms with Gasteiger partial charge in [-0.2, -0.15) is 5.10 Å². The first kappa shape index (κ1) is 10.1. The van der Waals surface area contributed by atoms with E-state index in [1.807, 2.05) is 20.3 Å². The van der Waals surface area contributed by atoms with Crippen LogP contribution in [0.15, 0.2) is 12.4 Å². The Kier molecular flexibility index (Phi) is 2.70. The summed E-state index contributed by atoms with van der Waals surface area (Å²) in [5, 5.41) is 7.61. The topological polar surface area (TPSA) is 70.8 Å². The fraction of sp³-hybridized carbons (Fsp3) is 0.333. The SMILES string of the molecule is CN(C)Cc1cnc(-c2[nH]ncc2N)s1. The summed E-state index contributed by atoms with van der Waals surface area (Å²) in [6, 6.07) is 0. The van der Waals surface area contributed by atoms with Gasteiger partial charge in [0.25, 0.3) is 0 Å². The second kappa shape index (κ2) is 4.00. The highest BCUT2D eigenvalue weighted by Gasteiger charge is 2.09. The third-order valence-electron chi connectivity index (χ3n) is 1.91. The lowest BCUT2D eigenvalue weighted by Gasteiger charge is -2.05. The Bertz CT molecular complexity index is 445. The van der Waals surface area contributed by atoms with Crippen molar-refractivity contribution in [2.24, 2.45) is 0 Å². The fourth-order valence-electron chi connectivity index (χ4n) is 1.27. The van der Waals surface area contributed by atoms with Gasteiger partial charge in [-0.15, -0.1) is 11.3 Å². The van der Waals surface area contributed by atoms with Crippen LogP contribution in [0.4, 0.5) is 5.69 Å². The molecule has 0 radical (unpaired) electrons. The number of nitrogens with two attached hydrogens (primary N) is 1. The van der Waals surface area contributed by atoms with E-state index in [9.17, 15) is 0 Å². The smallest absolute Gasteiger partial charge is 0.143 e. The Balaban J connectivity index is 2.24. The summed E-state index contributed by atoms with van der Waals surface area (Å²) in [6.45, 7) is 0.895. The minimum Gasteiger partial charge on any atom is -0.396 e. The van der Waals surface area contributed by atoms with E-state index < -0.39 is 0 Å². The fourth-order valence-corrected chi connectivity index (χ4v) is 2.32. The zero-order valence-corrected chi connectivity index (χ0v) is 9.51. The molecule has 0 saturated carbocycles. The maximum absolute atomic E-state index is 5.75. The van der Waals surface area contributed by atoms with Crippen LogP contribution in [0.5, 0.6) is 0 Å². The minimum absolute atomic E-state index is 0.640. The van der Waals surface area contributed by atoms with Gasteiger partial charge in [0.15, 0.2) is 0 Å². The average molecular weight is 223 g/mol. The molecule has 2 aromatic rings. The quantitative estimate of drug-likeness (QED) is 0.819. The van der Waals surface area contributed by atoms with Crippen molar-refractivity contribution in [2.45, 2.75) is 6.54 Å². The van der Waals surface area contributed by atoms with Crippen molar-refractivity contribution < 1.29 is 0 Å². The summed E-state index contributed by atoms with van der Waals surface area (Å²) in [5.41, 5.74) is 7.20. The molecule has 0 aliphatic rings. The first-order chi connectivity index (χ1) is 7.16. The second-order valence-corrected chi connectivity index (χ2v) is 4.69. The molecule has 0 aliphatic heterocycles. The molecule has 2 aromatic heterocycles. The van der Waals surface area contributed by atoms with Crippen LogP contribution >= 0.6 is 11.3 Å². The Labute approximate surface area is 91.9 Å². The summed E-state index contributed by atoms with van der Waals surface area (Å²) >= 11 is 1.63. The predicted molar refractivity (Wildman–Crippen MR) is 61.5 cm³/mol. The lowest BCUT2D eigenvalue weighted by molar-refractivity contribution is 0.406. The van der Waals surface area contributed by atoms with Crippen molar-refractivity contribution in [3.8, 4) is 10.7 Å². The normalized spacial score (nSPS) is 11.1. The largest absolute Gasteiger partial charge is 0.396 e. The molecule has 6 heteroatoms. The number of nitrogens with zero attached hydrogens (tertiary/aromatic N) is 3. The maximum Gasteiger partial charge on any atom is 0.143 e. The van der Waals surface area contributed by atoms with Crippen LogP contribution in [0.2, 0.25) is 0 Å².